The van der Waals surface area contributed by atoms with Gasteiger partial charge in [0.15, 0.2) is 6.61 Å². The van der Waals surface area contributed by atoms with Crippen LogP contribution in [0.15, 0.2) is 24.3 Å². The minimum absolute atomic E-state index is 0.0440. The van der Waals surface area contributed by atoms with Gasteiger partial charge in [0.05, 0.1) is 5.56 Å². The van der Waals surface area contributed by atoms with E-state index in [0.717, 1.165) is 18.5 Å². The van der Waals surface area contributed by atoms with Crippen molar-refractivity contribution in [1.29, 1.82) is 0 Å². The molecule has 142 valence electrons. The molecule has 26 heavy (non-hydrogen) atoms. The van der Waals surface area contributed by atoms with E-state index in [1.165, 1.54) is 0 Å². The first kappa shape index (κ1) is 19.9. The van der Waals surface area contributed by atoms with Crippen molar-refractivity contribution in [3.05, 3.63) is 29.8 Å². The largest absolute Gasteiger partial charge is 0.452 e. The molecule has 0 aromatic heterocycles. The monoisotopic (exact) mass is 360 g/mol. The number of benzene rings is 1. The summed E-state index contributed by atoms with van der Waals surface area (Å²) in [5.41, 5.74) is 1.15. The van der Waals surface area contributed by atoms with Gasteiger partial charge in [-0.3, -0.25) is 9.59 Å². The molecule has 0 spiro atoms. The molecular formula is C20H28N2O4. The molecular weight excluding hydrogens is 332 g/mol. The summed E-state index contributed by atoms with van der Waals surface area (Å²) in [6, 6.07) is 6.84. The Morgan fingerprint density at radius 3 is 2.23 bits per heavy atom. The number of rotatable bonds is 6. The molecule has 6 nitrogen and oxygen atoms in total. The normalized spacial score (nSPS) is 14.7. The van der Waals surface area contributed by atoms with Crippen molar-refractivity contribution in [2.45, 2.75) is 59.0 Å². The van der Waals surface area contributed by atoms with Crippen LogP contribution < -0.4 is 4.90 Å². The molecule has 0 radical (unpaired) electrons. The molecule has 1 saturated heterocycles. The molecule has 1 aromatic carbocycles. The topological polar surface area (TPSA) is 66.9 Å². The van der Waals surface area contributed by atoms with Gasteiger partial charge in [-0.2, -0.15) is 0 Å². The number of nitrogens with zero attached hydrogens (tertiary/aromatic N) is 2. The molecule has 2 amide bonds. The Hall–Kier alpha value is -2.37. The van der Waals surface area contributed by atoms with Crippen LogP contribution in [0.3, 0.4) is 0 Å². The zero-order valence-electron chi connectivity index (χ0n) is 16.0. The average molecular weight is 360 g/mol. The van der Waals surface area contributed by atoms with Gasteiger partial charge >= 0.3 is 5.97 Å². The summed E-state index contributed by atoms with van der Waals surface area (Å²) in [6.45, 7) is 8.15. The molecule has 1 aromatic rings. The van der Waals surface area contributed by atoms with Crippen LogP contribution in [0.4, 0.5) is 5.69 Å². The number of hydrogen-bond donors (Lipinski definition) is 0. The van der Waals surface area contributed by atoms with Crippen molar-refractivity contribution in [3.63, 3.8) is 0 Å². The summed E-state index contributed by atoms with van der Waals surface area (Å²) in [5.74, 6) is -0.638. The molecule has 6 heteroatoms. The third-order valence-electron chi connectivity index (χ3n) is 4.47. The molecule has 0 bridgehead atoms. The van der Waals surface area contributed by atoms with Gasteiger partial charge in [0.1, 0.15) is 0 Å². The Labute approximate surface area is 155 Å². The van der Waals surface area contributed by atoms with E-state index >= 15 is 0 Å². The fraction of sp³-hybridized carbons (Fsp3) is 0.550. The van der Waals surface area contributed by atoms with Crippen LogP contribution in [0.1, 0.15) is 57.3 Å². The molecule has 1 aliphatic heterocycles. The van der Waals surface area contributed by atoms with Crippen molar-refractivity contribution >= 4 is 23.5 Å². The van der Waals surface area contributed by atoms with E-state index in [9.17, 15) is 14.4 Å². The summed E-state index contributed by atoms with van der Waals surface area (Å²) in [5, 5.41) is 0. The van der Waals surface area contributed by atoms with Gasteiger partial charge in [-0.15, -0.1) is 0 Å². The second kappa shape index (κ2) is 8.83. The summed E-state index contributed by atoms with van der Waals surface area (Å²) in [4.78, 5) is 39.8. The maximum absolute atomic E-state index is 12.3. The van der Waals surface area contributed by atoms with E-state index in [-0.39, 0.29) is 30.5 Å². The zero-order valence-corrected chi connectivity index (χ0v) is 16.0. The van der Waals surface area contributed by atoms with Crippen molar-refractivity contribution in [1.82, 2.24) is 4.90 Å². The SMILES string of the molecule is CC(C)N(C(=O)COC(=O)c1ccc(N2CCCCC2=O)cc1)C(C)C. The maximum Gasteiger partial charge on any atom is 0.338 e. The van der Waals surface area contributed by atoms with Crippen LogP contribution in [-0.2, 0) is 14.3 Å². The van der Waals surface area contributed by atoms with Gasteiger partial charge in [-0.1, -0.05) is 0 Å². The van der Waals surface area contributed by atoms with Crippen molar-refractivity contribution < 1.29 is 19.1 Å². The molecule has 0 aliphatic carbocycles. The van der Waals surface area contributed by atoms with Gasteiger partial charge in [-0.05, 0) is 64.8 Å². The third kappa shape index (κ3) is 4.84. The number of esters is 1. The van der Waals surface area contributed by atoms with Gasteiger partial charge in [0.25, 0.3) is 5.91 Å². The number of hydrogen-bond acceptors (Lipinski definition) is 4. The smallest absolute Gasteiger partial charge is 0.338 e. The van der Waals surface area contributed by atoms with Gasteiger partial charge in [-0.25, -0.2) is 4.79 Å². The molecule has 0 atom stereocenters. The molecule has 0 unspecified atom stereocenters. The molecule has 2 rings (SSSR count). The summed E-state index contributed by atoms with van der Waals surface area (Å²) >= 11 is 0. The standard InChI is InChI=1S/C20H28N2O4/c1-14(2)22(15(3)4)19(24)13-26-20(25)16-8-10-17(11-9-16)21-12-6-5-7-18(21)23/h8-11,14-15H,5-7,12-13H2,1-4H3. The molecule has 1 fully saturated rings. The Morgan fingerprint density at radius 1 is 1.08 bits per heavy atom. The molecule has 0 N–H and O–H groups in total. The van der Waals surface area contributed by atoms with Gasteiger partial charge in [0, 0.05) is 30.7 Å². The van der Waals surface area contributed by atoms with Crippen LogP contribution in [0.25, 0.3) is 0 Å². The van der Waals surface area contributed by atoms with E-state index in [1.54, 1.807) is 34.1 Å². The van der Waals surface area contributed by atoms with Crippen LogP contribution in [-0.4, -0.2) is 47.9 Å². The number of anilines is 1. The maximum atomic E-state index is 12.3. The molecule has 0 saturated carbocycles. The highest BCUT2D eigenvalue weighted by Crippen LogP contribution is 2.21. The number of carbonyl (C=O) groups is 3. The fourth-order valence-corrected chi connectivity index (χ4v) is 3.31. The quantitative estimate of drug-likeness (QED) is 0.732. The fourth-order valence-electron chi connectivity index (χ4n) is 3.31. The molecule has 1 aliphatic rings. The number of ether oxygens (including phenoxy) is 1. The first-order chi connectivity index (χ1) is 12.3. The first-order valence-electron chi connectivity index (χ1n) is 9.20. The van der Waals surface area contributed by atoms with Crippen molar-refractivity contribution in [2.75, 3.05) is 18.1 Å². The summed E-state index contributed by atoms with van der Waals surface area (Å²) in [6.07, 6.45) is 2.48. The lowest BCUT2D eigenvalue weighted by molar-refractivity contribution is -0.138. The Kier molecular flexibility index (Phi) is 6.77. The second-order valence-corrected chi connectivity index (χ2v) is 7.11. The van der Waals surface area contributed by atoms with Gasteiger partial charge < -0.3 is 14.5 Å². The number of piperidine rings is 1. The summed E-state index contributed by atoms with van der Waals surface area (Å²) < 4.78 is 5.17. The number of amides is 2. The predicted octanol–water partition coefficient (Wildman–Crippen LogP) is 3.01. The average Bonchev–Trinajstić information content (AvgIpc) is 2.59. The van der Waals surface area contributed by atoms with Crippen LogP contribution >= 0.6 is 0 Å². The highest BCUT2D eigenvalue weighted by Gasteiger charge is 2.22. The van der Waals surface area contributed by atoms with Crippen molar-refractivity contribution in [3.8, 4) is 0 Å². The Bertz CT molecular complexity index is 644. The van der Waals surface area contributed by atoms with E-state index in [0.29, 0.717) is 18.5 Å². The molecule has 1 heterocycles. The lowest BCUT2D eigenvalue weighted by Gasteiger charge is -2.30. The van der Waals surface area contributed by atoms with Gasteiger partial charge in [0.2, 0.25) is 5.91 Å². The minimum Gasteiger partial charge on any atom is -0.452 e. The highest BCUT2D eigenvalue weighted by atomic mass is 16.5. The second-order valence-electron chi connectivity index (χ2n) is 7.11. The minimum atomic E-state index is -0.540. The van der Waals surface area contributed by atoms with E-state index in [2.05, 4.69) is 0 Å². The van der Waals surface area contributed by atoms with Crippen LogP contribution in [0.2, 0.25) is 0 Å². The van der Waals surface area contributed by atoms with E-state index < -0.39 is 5.97 Å². The van der Waals surface area contributed by atoms with E-state index in [1.807, 2.05) is 27.7 Å². The predicted molar refractivity (Wildman–Crippen MR) is 100 cm³/mol. The Morgan fingerprint density at radius 2 is 1.69 bits per heavy atom. The number of carbonyl (C=O) groups excluding carboxylic acids is 3. The summed E-state index contributed by atoms with van der Waals surface area (Å²) in [7, 11) is 0. The third-order valence-corrected chi connectivity index (χ3v) is 4.47. The van der Waals surface area contributed by atoms with Crippen LogP contribution in [0, 0.1) is 0 Å². The lowest BCUT2D eigenvalue weighted by atomic mass is 10.1. The van der Waals surface area contributed by atoms with E-state index in [4.69, 9.17) is 4.74 Å². The van der Waals surface area contributed by atoms with Crippen LogP contribution in [0.5, 0.6) is 0 Å². The zero-order chi connectivity index (χ0) is 19.3. The highest BCUT2D eigenvalue weighted by molar-refractivity contribution is 5.95. The lowest BCUT2D eigenvalue weighted by Crippen LogP contribution is -2.44. The Balaban J connectivity index is 1.95. The first-order valence-corrected chi connectivity index (χ1v) is 9.20. The van der Waals surface area contributed by atoms with Crippen molar-refractivity contribution in [2.24, 2.45) is 0 Å².